The zero-order chi connectivity index (χ0) is 20.2. The van der Waals surface area contributed by atoms with Gasteiger partial charge in [0.05, 0.1) is 19.2 Å². The molecule has 29 heavy (non-hydrogen) atoms. The summed E-state index contributed by atoms with van der Waals surface area (Å²) in [7, 11) is 1.58. The normalized spacial score (nSPS) is 14.1. The van der Waals surface area contributed by atoms with Gasteiger partial charge in [0.1, 0.15) is 10.8 Å². The van der Waals surface area contributed by atoms with Crippen LogP contribution < -0.4 is 4.74 Å². The fraction of sp³-hybridized carbons (Fsp3) is 0.286. The standard InChI is InChI=1S/C21H21N3O3S2/c1-27-18-4-2-3-15(11-18)21(26)24-8-6-23(7-9-24)19(25)12-17-14-29-20(22-17)16-5-10-28-13-16/h2-5,10-11,13-14H,6-9,12H2,1H3. The van der Waals surface area contributed by atoms with Crippen LogP contribution in [0, 0.1) is 0 Å². The summed E-state index contributed by atoms with van der Waals surface area (Å²) in [6.45, 7) is 2.13. The monoisotopic (exact) mass is 427 g/mol. The second kappa shape index (κ2) is 8.75. The highest BCUT2D eigenvalue weighted by Gasteiger charge is 2.25. The molecule has 1 fully saturated rings. The molecule has 3 heterocycles. The molecule has 1 aliphatic heterocycles. The number of thiophene rings is 1. The number of hydrogen-bond donors (Lipinski definition) is 0. The van der Waals surface area contributed by atoms with E-state index in [9.17, 15) is 9.59 Å². The Labute approximate surface area is 177 Å². The quantitative estimate of drug-likeness (QED) is 0.626. The highest BCUT2D eigenvalue weighted by molar-refractivity contribution is 7.14. The Bertz CT molecular complexity index is 992. The molecule has 2 aromatic heterocycles. The Morgan fingerprint density at radius 3 is 2.62 bits per heavy atom. The fourth-order valence-electron chi connectivity index (χ4n) is 3.27. The molecule has 3 aromatic rings. The smallest absolute Gasteiger partial charge is 0.254 e. The Kier molecular flexibility index (Phi) is 5.92. The number of amides is 2. The first-order valence-electron chi connectivity index (χ1n) is 9.32. The minimum Gasteiger partial charge on any atom is -0.497 e. The molecule has 150 valence electrons. The first-order valence-corrected chi connectivity index (χ1v) is 11.1. The molecule has 0 atom stereocenters. The Morgan fingerprint density at radius 1 is 1.10 bits per heavy atom. The third-order valence-corrected chi connectivity index (χ3v) is 6.51. The van der Waals surface area contributed by atoms with Crippen molar-refractivity contribution in [1.29, 1.82) is 0 Å². The van der Waals surface area contributed by atoms with E-state index in [2.05, 4.69) is 10.4 Å². The van der Waals surface area contributed by atoms with Crippen molar-refractivity contribution in [1.82, 2.24) is 14.8 Å². The molecule has 0 unspecified atom stereocenters. The van der Waals surface area contributed by atoms with Gasteiger partial charge in [0.2, 0.25) is 5.91 Å². The maximum absolute atomic E-state index is 12.7. The minimum atomic E-state index is -0.0316. The Hall–Kier alpha value is -2.71. The van der Waals surface area contributed by atoms with E-state index in [0.717, 1.165) is 16.3 Å². The molecule has 0 saturated carbocycles. The third kappa shape index (κ3) is 4.49. The van der Waals surface area contributed by atoms with Crippen molar-refractivity contribution in [2.75, 3.05) is 33.3 Å². The molecular weight excluding hydrogens is 406 g/mol. The van der Waals surface area contributed by atoms with Crippen LogP contribution in [0.25, 0.3) is 10.6 Å². The summed E-state index contributed by atoms with van der Waals surface area (Å²) in [6, 6.07) is 9.19. The average Bonchev–Trinajstić information content (AvgIpc) is 3.45. The van der Waals surface area contributed by atoms with E-state index in [4.69, 9.17) is 4.74 Å². The number of carbonyl (C=O) groups is 2. The van der Waals surface area contributed by atoms with Crippen molar-refractivity contribution in [3.8, 4) is 16.3 Å². The van der Waals surface area contributed by atoms with Crippen molar-refractivity contribution in [3.05, 3.63) is 57.7 Å². The van der Waals surface area contributed by atoms with Gasteiger partial charge in [-0.2, -0.15) is 11.3 Å². The first-order chi connectivity index (χ1) is 14.1. The van der Waals surface area contributed by atoms with Crippen LogP contribution in [0.5, 0.6) is 5.75 Å². The lowest BCUT2D eigenvalue weighted by atomic mass is 10.1. The van der Waals surface area contributed by atoms with Crippen LogP contribution in [0.3, 0.4) is 0 Å². The summed E-state index contributed by atoms with van der Waals surface area (Å²) >= 11 is 3.20. The number of ether oxygens (including phenoxy) is 1. The van der Waals surface area contributed by atoms with Crippen LogP contribution >= 0.6 is 22.7 Å². The molecule has 0 aliphatic carbocycles. The number of rotatable bonds is 5. The third-order valence-electron chi connectivity index (χ3n) is 4.89. The van der Waals surface area contributed by atoms with E-state index in [1.54, 1.807) is 46.8 Å². The zero-order valence-electron chi connectivity index (χ0n) is 16.0. The number of nitrogens with zero attached hydrogens (tertiary/aromatic N) is 3. The molecule has 1 aromatic carbocycles. The van der Waals surface area contributed by atoms with Crippen molar-refractivity contribution in [2.45, 2.75) is 6.42 Å². The van der Waals surface area contributed by atoms with Crippen LogP contribution in [0.2, 0.25) is 0 Å². The van der Waals surface area contributed by atoms with Gasteiger partial charge in [0, 0.05) is 48.1 Å². The predicted molar refractivity (Wildman–Crippen MR) is 115 cm³/mol. The van der Waals surface area contributed by atoms with Crippen molar-refractivity contribution < 1.29 is 14.3 Å². The van der Waals surface area contributed by atoms with E-state index >= 15 is 0 Å². The summed E-state index contributed by atoms with van der Waals surface area (Å²) in [6.07, 6.45) is 0.296. The maximum atomic E-state index is 12.7. The summed E-state index contributed by atoms with van der Waals surface area (Å²) in [5.41, 5.74) is 2.51. The van der Waals surface area contributed by atoms with Crippen molar-refractivity contribution in [2.24, 2.45) is 0 Å². The van der Waals surface area contributed by atoms with Gasteiger partial charge in [-0.1, -0.05) is 6.07 Å². The van der Waals surface area contributed by atoms with Gasteiger partial charge in [-0.25, -0.2) is 4.98 Å². The minimum absolute atomic E-state index is 0.0316. The summed E-state index contributed by atoms with van der Waals surface area (Å²) < 4.78 is 5.19. The molecule has 8 heteroatoms. The number of thiazole rings is 1. The Balaban J connectivity index is 1.32. The lowest BCUT2D eigenvalue weighted by Crippen LogP contribution is -2.51. The Morgan fingerprint density at radius 2 is 1.90 bits per heavy atom. The molecule has 0 spiro atoms. The SMILES string of the molecule is COc1cccc(C(=O)N2CCN(C(=O)Cc3csc(-c4ccsc4)n3)CC2)c1. The van der Waals surface area contributed by atoms with Crippen LogP contribution in [-0.2, 0) is 11.2 Å². The molecular formula is C21H21N3O3S2. The molecule has 1 saturated heterocycles. The highest BCUT2D eigenvalue weighted by atomic mass is 32.1. The van der Waals surface area contributed by atoms with Crippen LogP contribution in [-0.4, -0.2) is 59.9 Å². The second-order valence-electron chi connectivity index (χ2n) is 6.74. The molecule has 1 aliphatic rings. The number of aromatic nitrogens is 1. The van der Waals surface area contributed by atoms with Crippen LogP contribution in [0.4, 0.5) is 0 Å². The van der Waals surface area contributed by atoms with Crippen molar-refractivity contribution in [3.63, 3.8) is 0 Å². The lowest BCUT2D eigenvalue weighted by Gasteiger charge is -2.34. The molecule has 0 N–H and O–H groups in total. The van der Waals surface area contributed by atoms with E-state index in [1.165, 1.54) is 0 Å². The van der Waals surface area contributed by atoms with Gasteiger partial charge >= 0.3 is 0 Å². The van der Waals surface area contributed by atoms with Gasteiger partial charge in [-0.05, 0) is 29.6 Å². The lowest BCUT2D eigenvalue weighted by molar-refractivity contribution is -0.132. The molecule has 2 amide bonds. The van der Waals surface area contributed by atoms with E-state index in [0.29, 0.717) is 43.9 Å². The largest absolute Gasteiger partial charge is 0.497 e. The maximum Gasteiger partial charge on any atom is 0.254 e. The summed E-state index contributed by atoms with van der Waals surface area (Å²) in [4.78, 5) is 33.6. The van der Waals surface area contributed by atoms with E-state index in [1.807, 2.05) is 33.9 Å². The van der Waals surface area contributed by atoms with Gasteiger partial charge in [-0.15, -0.1) is 11.3 Å². The van der Waals surface area contributed by atoms with Gasteiger partial charge in [-0.3, -0.25) is 9.59 Å². The van der Waals surface area contributed by atoms with E-state index in [-0.39, 0.29) is 11.8 Å². The summed E-state index contributed by atoms with van der Waals surface area (Å²) in [5.74, 6) is 0.686. The number of piperazine rings is 1. The van der Waals surface area contributed by atoms with Crippen LogP contribution in [0.15, 0.2) is 46.5 Å². The number of hydrogen-bond acceptors (Lipinski definition) is 6. The molecule has 0 bridgehead atoms. The van der Waals surface area contributed by atoms with Crippen molar-refractivity contribution >= 4 is 34.5 Å². The molecule has 0 radical (unpaired) electrons. The average molecular weight is 428 g/mol. The topological polar surface area (TPSA) is 62.7 Å². The number of carbonyl (C=O) groups excluding carboxylic acids is 2. The first kappa shape index (κ1) is 19.6. The summed E-state index contributed by atoms with van der Waals surface area (Å²) in [5, 5.41) is 6.98. The number of methoxy groups -OCH3 is 1. The molecule has 4 rings (SSSR count). The highest BCUT2D eigenvalue weighted by Crippen LogP contribution is 2.26. The van der Waals surface area contributed by atoms with Gasteiger partial charge in [0.25, 0.3) is 5.91 Å². The number of benzene rings is 1. The zero-order valence-corrected chi connectivity index (χ0v) is 17.7. The van der Waals surface area contributed by atoms with E-state index < -0.39 is 0 Å². The van der Waals surface area contributed by atoms with Crippen LogP contribution in [0.1, 0.15) is 16.1 Å². The predicted octanol–water partition coefficient (Wildman–Crippen LogP) is 3.41. The van der Waals surface area contributed by atoms with Gasteiger partial charge in [0.15, 0.2) is 0 Å². The fourth-order valence-corrected chi connectivity index (χ4v) is 4.80. The van der Waals surface area contributed by atoms with Gasteiger partial charge < -0.3 is 14.5 Å². The molecule has 6 nitrogen and oxygen atoms in total. The second-order valence-corrected chi connectivity index (χ2v) is 8.38.